The first-order valence-electron chi connectivity index (χ1n) is 5.69. The highest BCUT2D eigenvalue weighted by molar-refractivity contribution is 9.11. The predicted octanol–water partition coefficient (Wildman–Crippen LogP) is 4.91. The Labute approximate surface area is 124 Å². The predicted molar refractivity (Wildman–Crippen MR) is 81.8 cm³/mol. The van der Waals surface area contributed by atoms with E-state index >= 15 is 0 Å². The summed E-state index contributed by atoms with van der Waals surface area (Å²) in [7, 11) is 0. The zero-order valence-electron chi connectivity index (χ0n) is 10.2. The summed E-state index contributed by atoms with van der Waals surface area (Å²) >= 11 is 6.89. The topological polar surface area (TPSA) is 20.2 Å². The fourth-order valence-corrected chi connectivity index (χ4v) is 3.31. The second-order valence-corrected chi connectivity index (χ2v) is 6.23. The number of aryl methyl sites for hydroxylation is 1. The van der Waals surface area contributed by atoms with E-state index in [-0.39, 0.29) is 0 Å². The molecule has 3 heteroatoms. The third-order valence-corrected chi connectivity index (χ3v) is 4.06. The fraction of sp³-hybridized carbons (Fsp3) is 0.200. The molecule has 0 spiro atoms. The van der Waals surface area contributed by atoms with Gasteiger partial charge in [0.25, 0.3) is 0 Å². The summed E-state index contributed by atoms with van der Waals surface area (Å²) < 4.78 is 1.91. The average Bonchev–Trinajstić information content (AvgIpc) is 2.30. The molecule has 0 fully saturated rings. The minimum absolute atomic E-state index is 0.598. The number of aliphatic hydroxyl groups is 1. The van der Waals surface area contributed by atoms with E-state index in [1.54, 1.807) is 0 Å². The Kier molecular flexibility index (Phi) is 4.25. The number of benzene rings is 2. The molecule has 0 aromatic heterocycles. The fourth-order valence-electron chi connectivity index (χ4n) is 1.98. The molecular weight excluding hydrogens is 356 g/mol. The molecule has 0 aliphatic carbocycles. The zero-order valence-corrected chi connectivity index (χ0v) is 13.4. The van der Waals surface area contributed by atoms with Crippen LogP contribution in [-0.4, -0.2) is 5.11 Å². The minimum atomic E-state index is -0.598. The van der Waals surface area contributed by atoms with E-state index in [1.165, 1.54) is 5.56 Å². The smallest absolute Gasteiger partial charge is 0.104 e. The molecule has 0 radical (unpaired) electrons. The van der Waals surface area contributed by atoms with Gasteiger partial charge in [-0.25, -0.2) is 0 Å². The van der Waals surface area contributed by atoms with E-state index < -0.39 is 6.10 Å². The van der Waals surface area contributed by atoms with Gasteiger partial charge in [0, 0.05) is 8.95 Å². The van der Waals surface area contributed by atoms with Crippen LogP contribution in [0.3, 0.4) is 0 Å². The Morgan fingerprint density at radius 3 is 2.22 bits per heavy atom. The van der Waals surface area contributed by atoms with Gasteiger partial charge in [-0.2, -0.15) is 0 Å². The number of hydrogen-bond donors (Lipinski definition) is 1. The number of hydrogen-bond acceptors (Lipinski definition) is 1. The van der Waals surface area contributed by atoms with Crippen LogP contribution in [0.15, 0.2) is 45.3 Å². The summed E-state index contributed by atoms with van der Waals surface area (Å²) in [5.41, 5.74) is 4.17. The summed E-state index contributed by atoms with van der Waals surface area (Å²) in [4.78, 5) is 0. The Morgan fingerprint density at radius 1 is 1.00 bits per heavy atom. The third-order valence-electron chi connectivity index (χ3n) is 3.14. The molecule has 94 valence electrons. The normalized spacial score (nSPS) is 12.5. The average molecular weight is 370 g/mol. The van der Waals surface area contributed by atoms with Crippen molar-refractivity contribution in [2.24, 2.45) is 0 Å². The summed E-state index contributed by atoms with van der Waals surface area (Å²) in [6.07, 6.45) is -0.598. The lowest BCUT2D eigenvalue weighted by molar-refractivity contribution is 0.219. The van der Waals surface area contributed by atoms with Gasteiger partial charge in [0.2, 0.25) is 0 Å². The van der Waals surface area contributed by atoms with Crippen LogP contribution >= 0.6 is 31.9 Å². The van der Waals surface area contributed by atoms with Gasteiger partial charge in [-0.15, -0.1) is 0 Å². The van der Waals surface area contributed by atoms with Crippen molar-refractivity contribution >= 4 is 31.9 Å². The van der Waals surface area contributed by atoms with Crippen molar-refractivity contribution in [3.63, 3.8) is 0 Å². The van der Waals surface area contributed by atoms with Gasteiger partial charge in [0.1, 0.15) is 6.10 Å². The van der Waals surface area contributed by atoms with Gasteiger partial charge in [-0.1, -0.05) is 50.1 Å². The van der Waals surface area contributed by atoms with Crippen molar-refractivity contribution < 1.29 is 5.11 Å². The van der Waals surface area contributed by atoms with Gasteiger partial charge in [-0.05, 0) is 54.3 Å². The number of halogens is 2. The quantitative estimate of drug-likeness (QED) is 0.797. The SMILES string of the molecule is Cc1cccc(C(O)c2cc(Br)cc(Br)c2)c1C. The van der Waals surface area contributed by atoms with Crippen LogP contribution in [0.4, 0.5) is 0 Å². The molecule has 1 unspecified atom stereocenters. The molecule has 0 aliphatic heterocycles. The Morgan fingerprint density at radius 2 is 1.61 bits per heavy atom. The molecule has 2 aromatic rings. The van der Waals surface area contributed by atoms with E-state index in [2.05, 4.69) is 44.8 Å². The third kappa shape index (κ3) is 2.85. The minimum Gasteiger partial charge on any atom is -0.384 e. The molecule has 0 bridgehead atoms. The molecule has 2 rings (SSSR count). The Hall–Kier alpha value is -0.640. The molecule has 0 amide bonds. The molecule has 0 heterocycles. The van der Waals surface area contributed by atoms with Crippen molar-refractivity contribution in [2.45, 2.75) is 20.0 Å². The maximum absolute atomic E-state index is 10.5. The van der Waals surface area contributed by atoms with Gasteiger partial charge >= 0.3 is 0 Å². The second kappa shape index (κ2) is 5.55. The lowest BCUT2D eigenvalue weighted by Crippen LogP contribution is -2.03. The van der Waals surface area contributed by atoms with Crippen LogP contribution in [0.25, 0.3) is 0 Å². The van der Waals surface area contributed by atoms with Gasteiger partial charge in [0.05, 0.1) is 0 Å². The first kappa shape index (κ1) is 13.8. The van der Waals surface area contributed by atoms with E-state index in [4.69, 9.17) is 0 Å². The van der Waals surface area contributed by atoms with E-state index in [0.717, 1.165) is 25.6 Å². The van der Waals surface area contributed by atoms with Crippen LogP contribution in [0.2, 0.25) is 0 Å². The van der Waals surface area contributed by atoms with Crippen LogP contribution in [0.1, 0.15) is 28.4 Å². The highest BCUT2D eigenvalue weighted by atomic mass is 79.9. The molecule has 0 aliphatic rings. The molecule has 0 saturated carbocycles. The number of rotatable bonds is 2. The lowest BCUT2D eigenvalue weighted by Gasteiger charge is -2.16. The van der Waals surface area contributed by atoms with Gasteiger partial charge in [0.15, 0.2) is 0 Å². The van der Waals surface area contributed by atoms with Gasteiger partial charge in [-0.3, -0.25) is 0 Å². The van der Waals surface area contributed by atoms with Crippen molar-refractivity contribution in [3.05, 3.63) is 67.6 Å². The molecule has 1 atom stereocenters. The van der Waals surface area contributed by atoms with Crippen molar-refractivity contribution in [3.8, 4) is 0 Å². The molecule has 18 heavy (non-hydrogen) atoms. The highest BCUT2D eigenvalue weighted by Crippen LogP contribution is 2.30. The monoisotopic (exact) mass is 368 g/mol. The van der Waals surface area contributed by atoms with Crippen molar-refractivity contribution in [1.29, 1.82) is 0 Å². The van der Waals surface area contributed by atoms with Crippen molar-refractivity contribution in [1.82, 2.24) is 0 Å². The standard InChI is InChI=1S/C15H14Br2O/c1-9-4-3-5-14(10(9)2)15(18)11-6-12(16)8-13(17)7-11/h3-8,15,18H,1-2H3. The second-order valence-electron chi connectivity index (χ2n) is 4.39. The molecule has 1 nitrogen and oxygen atoms in total. The lowest BCUT2D eigenvalue weighted by atomic mass is 9.95. The highest BCUT2D eigenvalue weighted by Gasteiger charge is 2.14. The number of aliphatic hydroxyl groups excluding tert-OH is 1. The van der Waals surface area contributed by atoms with Crippen LogP contribution in [-0.2, 0) is 0 Å². The Bertz CT molecular complexity index is 558. The van der Waals surface area contributed by atoms with E-state index in [1.807, 2.05) is 37.3 Å². The van der Waals surface area contributed by atoms with E-state index in [0.29, 0.717) is 0 Å². The Balaban J connectivity index is 2.47. The molecule has 1 N–H and O–H groups in total. The maximum Gasteiger partial charge on any atom is 0.104 e. The molecule has 0 saturated heterocycles. The summed E-state index contributed by atoms with van der Waals surface area (Å²) in [5, 5.41) is 10.5. The summed E-state index contributed by atoms with van der Waals surface area (Å²) in [6, 6.07) is 11.9. The summed E-state index contributed by atoms with van der Waals surface area (Å²) in [6.45, 7) is 4.10. The first-order valence-corrected chi connectivity index (χ1v) is 7.28. The maximum atomic E-state index is 10.5. The summed E-state index contributed by atoms with van der Waals surface area (Å²) in [5.74, 6) is 0. The van der Waals surface area contributed by atoms with E-state index in [9.17, 15) is 5.11 Å². The van der Waals surface area contributed by atoms with Crippen molar-refractivity contribution in [2.75, 3.05) is 0 Å². The molecular formula is C15H14Br2O. The van der Waals surface area contributed by atoms with Crippen LogP contribution in [0.5, 0.6) is 0 Å². The van der Waals surface area contributed by atoms with Gasteiger partial charge < -0.3 is 5.11 Å². The van der Waals surface area contributed by atoms with Crippen LogP contribution in [0, 0.1) is 13.8 Å². The largest absolute Gasteiger partial charge is 0.384 e. The zero-order chi connectivity index (χ0) is 13.3. The molecule has 2 aromatic carbocycles. The van der Waals surface area contributed by atoms with Crippen LogP contribution < -0.4 is 0 Å². The first-order chi connectivity index (χ1) is 8.49.